The van der Waals surface area contributed by atoms with E-state index in [1.165, 1.54) is 0 Å². The van der Waals surface area contributed by atoms with Crippen molar-refractivity contribution in [3.63, 3.8) is 0 Å². The van der Waals surface area contributed by atoms with Gasteiger partial charge >= 0.3 is 0 Å². The van der Waals surface area contributed by atoms with Gasteiger partial charge in [0.2, 0.25) is 5.91 Å². The molecule has 3 aromatic rings. The molecule has 0 saturated heterocycles. The maximum atomic E-state index is 12.4. The third-order valence-electron chi connectivity index (χ3n) is 4.38. The van der Waals surface area contributed by atoms with Gasteiger partial charge in [0.25, 0.3) is 0 Å². The number of carbonyl (C=O) groups is 1. The van der Waals surface area contributed by atoms with Crippen molar-refractivity contribution < 1.29 is 4.79 Å². The molecule has 6 heteroatoms. The fourth-order valence-corrected chi connectivity index (χ4v) is 3.18. The molecule has 0 saturated carbocycles. The van der Waals surface area contributed by atoms with Crippen molar-refractivity contribution in [2.24, 2.45) is 4.99 Å². The zero-order chi connectivity index (χ0) is 19.0. The number of nitrogens with one attached hydrogen (secondary N) is 1. The van der Waals surface area contributed by atoms with E-state index in [-0.39, 0.29) is 12.3 Å². The van der Waals surface area contributed by atoms with Crippen LogP contribution in [0.2, 0.25) is 5.02 Å². The lowest BCUT2D eigenvalue weighted by molar-refractivity contribution is -0.115. The predicted molar refractivity (Wildman–Crippen MR) is 108 cm³/mol. The summed E-state index contributed by atoms with van der Waals surface area (Å²) in [5.41, 5.74) is 6.41. The van der Waals surface area contributed by atoms with E-state index in [2.05, 4.69) is 15.3 Å². The van der Waals surface area contributed by atoms with Gasteiger partial charge < -0.3 is 5.32 Å². The van der Waals surface area contributed by atoms with E-state index in [1.54, 1.807) is 18.5 Å². The van der Waals surface area contributed by atoms with Crippen LogP contribution in [0.5, 0.6) is 0 Å². The standard InChI is InChI=1S/C21H17ClN4O/c1-12-6-18-19(8-16(12)22)26-21(27)9-17(25-18)14-4-3-5-15(7-14)20-11-23-10-13(2)24-20/h3-8,10-11H,9H2,1-2H3,(H,26,27). The first kappa shape index (κ1) is 17.4. The average Bonchev–Trinajstić information content (AvgIpc) is 2.80. The van der Waals surface area contributed by atoms with E-state index in [4.69, 9.17) is 16.6 Å². The lowest BCUT2D eigenvalue weighted by Gasteiger charge is -2.07. The summed E-state index contributed by atoms with van der Waals surface area (Å²) in [5, 5.41) is 3.49. The Morgan fingerprint density at radius 1 is 1.07 bits per heavy atom. The molecule has 0 aliphatic carbocycles. The van der Waals surface area contributed by atoms with E-state index in [9.17, 15) is 4.79 Å². The Hall–Kier alpha value is -3.05. The van der Waals surface area contributed by atoms with Gasteiger partial charge in [-0.1, -0.05) is 29.8 Å². The summed E-state index contributed by atoms with van der Waals surface area (Å²) in [6.07, 6.45) is 3.64. The number of aromatic nitrogens is 2. The zero-order valence-electron chi connectivity index (χ0n) is 15.0. The lowest BCUT2D eigenvalue weighted by atomic mass is 10.0. The monoisotopic (exact) mass is 376 g/mol. The topological polar surface area (TPSA) is 67.2 Å². The van der Waals surface area contributed by atoms with E-state index in [1.807, 2.05) is 44.2 Å². The van der Waals surface area contributed by atoms with Crippen molar-refractivity contribution >= 4 is 34.6 Å². The second kappa shape index (κ2) is 6.93. The number of aliphatic imine (C=N–C) groups is 1. The first-order valence-corrected chi connectivity index (χ1v) is 8.94. The van der Waals surface area contributed by atoms with Gasteiger partial charge in [0.1, 0.15) is 0 Å². The summed E-state index contributed by atoms with van der Waals surface area (Å²) in [7, 11) is 0. The molecule has 1 aliphatic rings. The van der Waals surface area contributed by atoms with E-state index < -0.39 is 0 Å². The molecule has 0 atom stereocenters. The second-order valence-corrected chi connectivity index (χ2v) is 6.94. The highest BCUT2D eigenvalue weighted by Crippen LogP contribution is 2.34. The number of anilines is 1. The fourth-order valence-electron chi connectivity index (χ4n) is 3.02. The second-order valence-electron chi connectivity index (χ2n) is 6.53. The van der Waals surface area contributed by atoms with E-state index >= 15 is 0 Å². The van der Waals surface area contributed by atoms with Crippen LogP contribution in [-0.2, 0) is 4.79 Å². The smallest absolute Gasteiger partial charge is 0.230 e. The highest BCUT2D eigenvalue weighted by atomic mass is 35.5. The number of benzene rings is 2. The lowest BCUT2D eigenvalue weighted by Crippen LogP contribution is -2.15. The fraction of sp³-hybridized carbons (Fsp3) is 0.143. The van der Waals surface area contributed by atoms with Gasteiger partial charge in [-0.05, 0) is 43.2 Å². The number of rotatable bonds is 2. The molecule has 2 heterocycles. The Morgan fingerprint density at radius 3 is 2.70 bits per heavy atom. The number of hydrogen-bond donors (Lipinski definition) is 1. The Labute approximate surface area is 162 Å². The summed E-state index contributed by atoms with van der Waals surface area (Å²) < 4.78 is 0. The number of halogens is 1. The van der Waals surface area contributed by atoms with E-state index in [0.29, 0.717) is 22.1 Å². The minimum atomic E-state index is -0.117. The van der Waals surface area contributed by atoms with Gasteiger partial charge in [-0.3, -0.25) is 14.8 Å². The minimum absolute atomic E-state index is 0.117. The van der Waals surface area contributed by atoms with Crippen LogP contribution in [0.15, 0.2) is 53.8 Å². The van der Waals surface area contributed by atoms with Crippen molar-refractivity contribution in [2.75, 3.05) is 5.32 Å². The summed E-state index contributed by atoms with van der Waals surface area (Å²) in [6, 6.07) is 11.5. The van der Waals surface area contributed by atoms with Crippen LogP contribution in [-0.4, -0.2) is 21.6 Å². The molecule has 134 valence electrons. The summed E-state index contributed by atoms with van der Waals surface area (Å²) in [4.78, 5) is 25.9. The van der Waals surface area contributed by atoms with Crippen LogP contribution in [0.1, 0.15) is 23.2 Å². The maximum absolute atomic E-state index is 12.4. The molecule has 0 fully saturated rings. The molecular formula is C21H17ClN4O. The summed E-state index contributed by atoms with van der Waals surface area (Å²) in [5.74, 6) is -0.117. The number of hydrogen-bond acceptors (Lipinski definition) is 4. The number of carbonyl (C=O) groups excluding carboxylic acids is 1. The maximum Gasteiger partial charge on any atom is 0.230 e. The third-order valence-corrected chi connectivity index (χ3v) is 4.79. The zero-order valence-corrected chi connectivity index (χ0v) is 15.7. The van der Waals surface area contributed by atoms with Gasteiger partial charge in [0.05, 0.1) is 41.1 Å². The molecule has 0 radical (unpaired) electrons. The molecule has 27 heavy (non-hydrogen) atoms. The van der Waals surface area contributed by atoms with Gasteiger partial charge in [-0.2, -0.15) is 0 Å². The molecule has 0 spiro atoms. The van der Waals surface area contributed by atoms with Crippen LogP contribution in [0, 0.1) is 13.8 Å². The molecule has 0 unspecified atom stereocenters. The Balaban J connectivity index is 1.80. The van der Waals surface area contributed by atoms with Crippen LogP contribution in [0.4, 0.5) is 11.4 Å². The molecule has 1 amide bonds. The van der Waals surface area contributed by atoms with Gasteiger partial charge in [0, 0.05) is 16.8 Å². The van der Waals surface area contributed by atoms with Crippen molar-refractivity contribution in [2.45, 2.75) is 20.3 Å². The molecule has 4 rings (SSSR count). The van der Waals surface area contributed by atoms with Crippen LogP contribution in [0.25, 0.3) is 11.3 Å². The highest BCUT2D eigenvalue weighted by Gasteiger charge is 2.18. The van der Waals surface area contributed by atoms with Crippen molar-refractivity contribution in [1.82, 2.24) is 9.97 Å². The molecule has 1 aliphatic heterocycles. The van der Waals surface area contributed by atoms with Crippen LogP contribution in [0.3, 0.4) is 0 Å². The normalized spacial score (nSPS) is 13.4. The predicted octanol–water partition coefficient (Wildman–Crippen LogP) is 4.88. The SMILES string of the molecule is Cc1cncc(-c2cccc(C3=Nc4cc(C)c(Cl)cc4NC(=O)C3)c2)n1. The molecule has 5 nitrogen and oxygen atoms in total. The number of nitrogens with zero attached hydrogens (tertiary/aromatic N) is 3. The van der Waals surface area contributed by atoms with E-state index in [0.717, 1.165) is 28.1 Å². The van der Waals surface area contributed by atoms with Crippen LogP contribution < -0.4 is 5.32 Å². The minimum Gasteiger partial charge on any atom is -0.324 e. The van der Waals surface area contributed by atoms with Gasteiger partial charge in [-0.25, -0.2) is 4.98 Å². The highest BCUT2D eigenvalue weighted by molar-refractivity contribution is 6.32. The Kier molecular flexibility index (Phi) is 4.46. The molecule has 1 aromatic heterocycles. The summed E-state index contributed by atoms with van der Waals surface area (Å²) >= 11 is 6.19. The Bertz CT molecular complexity index is 1090. The van der Waals surface area contributed by atoms with Crippen molar-refractivity contribution in [3.8, 4) is 11.3 Å². The van der Waals surface area contributed by atoms with Crippen LogP contribution >= 0.6 is 11.6 Å². The summed E-state index contributed by atoms with van der Waals surface area (Å²) in [6.45, 7) is 3.83. The number of fused-ring (bicyclic) bond motifs is 1. The van der Waals surface area contributed by atoms with Crippen molar-refractivity contribution in [3.05, 3.63) is 70.6 Å². The first-order valence-electron chi connectivity index (χ1n) is 8.56. The number of aryl methyl sites for hydroxylation is 2. The molecule has 0 bridgehead atoms. The largest absolute Gasteiger partial charge is 0.324 e. The quantitative estimate of drug-likeness (QED) is 0.693. The Morgan fingerprint density at radius 2 is 1.89 bits per heavy atom. The number of amides is 1. The molecule has 2 aromatic carbocycles. The first-order chi connectivity index (χ1) is 13.0. The molecule has 1 N–H and O–H groups in total. The van der Waals surface area contributed by atoms with Crippen molar-refractivity contribution in [1.29, 1.82) is 0 Å². The molecular weight excluding hydrogens is 360 g/mol. The average molecular weight is 377 g/mol. The van der Waals surface area contributed by atoms with Gasteiger partial charge in [0.15, 0.2) is 0 Å². The third kappa shape index (κ3) is 3.59. The van der Waals surface area contributed by atoms with Gasteiger partial charge in [-0.15, -0.1) is 0 Å².